The molecular weight excluding hydrogens is 441 g/mol. The molecule has 0 amide bonds. The second-order valence-corrected chi connectivity index (χ2v) is 7.07. The van der Waals surface area contributed by atoms with Gasteiger partial charge in [0.1, 0.15) is 17.6 Å². The fourth-order valence-electron chi connectivity index (χ4n) is 2.63. The summed E-state index contributed by atoms with van der Waals surface area (Å²) >= 11 is 3.31. The molecule has 0 heterocycles. The summed E-state index contributed by atoms with van der Waals surface area (Å²) in [6, 6.07) is 12.2. The summed E-state index contributed by atoms with van der Waals surface area (Å²) < 4.78 is 23.4. The third-order valence-corrected chi connectivity index (χ3v) is 4.58. The van der Waals surface area contributed by atoms with Gasteiger partial charge in [0.15, 0.2) is 5.78 Å². The van der Waals surface area contributed by atoms with Crippen molar-refractivity contribution in [2.75, 3.05) is 26.1 Å². The van der Waals surface area contributed by atoms with E-state index in [2.05, 4.69) is 15.9 Å². The molecule has 2 aromatic rings. The van der Waals surface area contributed by atoms with E-state index in [1.165, 1.54) is 43.7 Å². The van der Waals surface area contributed by atoms with Crippen molar-refractivity contribution in [2.45, 2.75) is 12.5 Å². The first-order chi connectivity index (χ1) is 13.9. The molecule has 1 unspecified atom stereocenters. The lowest BCUT2D eigenvalue weighted by atomic mass is 10.0. The molecule has 0 fully saturated rings. The van der Waals surface area contributed by atoms with Crippen LogP contribution in [0.1, 0.15) is 15.9 Å². The summed E-state index contributed by atoms with van der Waals surface area (Å²) in [5, 5.41) is 0.743. The zero-order chi connectivity index (χ0) is 21.2. The number of halogens is 2. The van der Waals surface area contributed by atoms with Gasteiger partial charge >= 0.3 is 5.97 Å². The lowest BCUT2D eigenvalue weighted by Gasteiger charge is -2.24. The Hall–Kier alpha value is -2.67. The van der Waals surface area contributed by atoms with E-state index in [0.717, 1.165) is 16.6 Å². The molecule has 1 atom stereocenters. The SMILES string of the molecule is COC(=O)C(Cc1ccc(OCCBr)cc1)N(C)C=CC(=O)c1ccc(F)cc1. The second-order valence-electron chi connectivity index (χ2n) is 6.28. The highest BCUT2D eigenvalue weighted by molar-refractivity contribution is 9.09. The minimum Gasteiger partial charge on any atom is -0.493 e. The monoisotopic (exact) mass is 463 g/mol. The Morgan fingerprint density at radius 1 is 1.14 bits per heavy atom. The number of ether oxygens (including phenoxy) is 2. The number of carbonyl (C=O) groups is 2. The summed E-state index contributed by atoms with van der Waals surface area (Å²) in [7, 11) is 3.03. The Morgan fingerprint density at radius 2 is 1.79 bits per heavy atom. The number of benzene rings is 2. The standard InChI is InChI=1S/C22H23BrFNO4/c1-25(13-11-21(26)17-5-7-18(24)8-6-17)20(22(27)28-2)15-16-3-9-19(10-4-16)29-14-12-23/h3-11,13,20H,12,14-15H2,1-2H3. The average molecular weight is 464 g/mol. The third-order valence-electron chi connectivity index (χ3n) is 4.25. The van der Waals surface area contributed by atoms with Gasteiger partial charge in [-0.25, -0.2) is 9.18 Å². The molecular formula is C22H23BrFNO4. The van der Waals surface area contributed by atoms with Crippen LogP contribution in [0.25, 0.3) is 0 Å². The first kappa shape index (κ1) is 22.6. The number of hydrogen-bond acceptors (Lipinski definition) is 5. The summed E-state index contributed by atoms with van der Waals surface area (Å²) in [4.78, 5) is 26.1. The molecule has 0 radical (unpaired) electrons. The van der Waals surface area contributed by atoms with Gasteiger partial charge in [0.25, 0.3) is 0 Å². The topological polar surface area (TPSA) is 55.8 Å². The van der Waals surface area contributed by atoms with Crippen LogP contribution in [-0.4, -0.2) is 48.8 Å². The quantitative estimate of drug-likeness (QED) is 0.230. The van der Waals surface area contributed by atoms with Crippen LogP contribution in [0.3, 0.4) is 0 Å². The predicted octanol–water partition coefficient (Wildman–Crippen LogP) is 4.01. The molecule has 0 aliphatic carbocycles. The van der Waals surface area contributed by atoms with E-state index in [4.69, 9.17) is 9.47 Å². The predicted molar refractivity (Wildman–Crippen MR) is 113 cm³/mol. The van der Waals surface area contributed by atoms with Crippen molar-refractivity contribution in [1.29, 1.82) is 0 Å². The zero-order valence-electron chi connectivity index (χ0n) is 16.3. The fourth-order valence-corrected chi connectivity index (χ4v) is 2.79. The van der Waals surface area contributed by atoms with Crippen molar-refractivity contribution in [3.8, 4) is 5.75 Å². The maximum atomic E-state index is 13.0. The van der Waals surface area contributed by atoms with Crippen LogP contribution >= 0.6 is 15.9 Å². The van der Waals surface area contributed by atoms with Crippen LogP contribution in [0.2, 0.25) is 0 Å². The van der Waals surface area contributed by atoms with E-state index in [0.29, 0.717) is 18.6 Å². The van der Waals surface area contributed by atoms with Crippen molar-refractivity contribution in [3.05, 3.63) is 77.8 Å². The zero-order valence-corrected chi connectivity index (χ0v) is 17.9. The summed E-state index contributed by atoms with van der Waals surface area (Å²) in [6.45, 7) is 0.569. The number of likely N-dealkylation sites (N-methyl/N-ethyl adjacent to an activating group) is 1. The molecule has 2 rings (SSSR count). The minimum absolute atomic E-state index is 0.284. The molecule has 2 aromatic carbocycles. The molecule has 0 aromatic heterocycles. The fraction of sp³-hybridized carbons (Fsp3) is 0.273. The van der Waals surface area contributed by atoms with Gasteiger partial charge in [-0.3, -0.25) is 4.79 Å². The largest absolute Gasteiger partial charge is 0.493 e. The van der Waals surface area contributed by atoms with Gasteiger partial charge in [-0.05, 0) is 42.0 Å². The molecule has 0 N–H and O–H groups in total. The molecule has 29 heavy (non-hydrogen) atoms. The summed E-state index contributed by atoms with van der Waals surface area (Å²) in [6.07, 6.45) is 3.28. The van der Waals surface area contributed by atoms with Crippen LogP contribution in [0, 0.1) is 5.82 Å². The summed E-state index contributed by atoms with van der Waals surface area (Å²) in [5.74, 6) is -0.349. The maximum absolute atomic E-state index is 13.0. The number of carbonyl (C=O) groups excluding carboxylic acids is 2. The second kappa shape index (κ2) is 11.4. The van der Waals surface area contributed by atoms with E-state index < -0.39 is 17.8 Å². The lowest BCUT2D eigenvalue weighted by molar-refractivity contribution is -0.145. The average Bonchev–Trinajstić information content (AvgIpc) is 2.74. The molecule has 0 aliphatic heterocycles. The number of rotatable bonds is 10. The van der Waals surface area contributed by atoms with Crippen molar-refractivity contribution in [2.24, 2.45) is 0 Å². The number of methoxy groups -OCH3 is 1. The van der Waals surface area contributed by atoms with Crippen LogP contribution in [0.15, 0.2) is 60.8 Å². The highest BCUT2D eigenvalue weighted by atomic mass is 79.9. The molecule has 0 bridgehead atoms. The van der Waals surface area contributed by atoms with Gasteiger partial charge in [-0.1, -0.05) is 28.1 Å². The summed E-state index contributed by atoms with van der Waals surface area (Å²) in [5.41, 5.74) is 1.29. The first-order valence-corrected chi connectivity index (χ1v) is 10.1. The molecule has 7 heteroatoms. The molecule has 154 valence electrons. The molecule has 0 saturated heterocycles. The highest BCUT2D eigenvalue weighted by Gasteiger charge is 2.23. The van der Waals surface area contributed by atoms with E-state index in [1.807, 2.05) is 24.3 Å². The maximum Gasteiger partial charge on any atom is 0.328 e. The highest BCUT2D eigenvalue weighted by Crippen LogP contribution is 2.16. The van der Waals surface area contributed by atoms with Crippen molar-refractivity contribution in [1.82, 2.24) is 4.90 Å². The third kappa shape index (κ3) is 7.02. The molecule has 0 aliphatic rings. The van der Waals surface area contributed by atoms with Gasteiger partial charge < -0.3 is 14.4 Å². The van der Waals surface area contributed by atoms with E-state index in [1.54, 1.807) is 11.9 Å². The lowest BCUT2D eigenvalue weighted by Crippen LogP contribution is -2.38. The van der Waals surface area contributed by atoms with Crippen LogP contribution in [0.4, 0.5) is 4.39 Å². The Bertz CT molecular complexity index is 837. The van der Waals surface area contributed by atoms with Gasteiger partial charge in [0.2, 0.25) is 0 Å². The van der Waals surface area contributed by atoms with Crippen molar-refractivity contribution in [3.63, 3.8) is 0 Å². The Morgan fingerprint density at radius 3 is 2.38 bits per heavy atom. The van der Waals surface area contributed by atoms with E-state index in [9.17, 15) is 14.0 Å². The molecule has 0 saturated carbocycles. The molecule has 0 spiro atoms. The van der Waals surface area contributed by atoms with E-state index >= 15 is 0 Å². The van der Waals surface area contributed by atoms with Crippen LogP contribution in [-0.2, 0) is 16.0 Å². The number of hydrogen-bond donors (Lipinski definition) is 0. The van der Waals surface area contributed by atoms with Gasteiger partial charge in [0.05, 0.1) is 13.7 Å². The first-order valence-electron chi connectivity index (χ1n) is 9.00. The van der Waals surface area contributed by atoms with Gasteiger partial charge in [0, 0.05) is 36.6 Å². The van der Waals surface area contributed by atoms with Crippen molar-refractivity contribution >= 4 is 27.7 Å². The Kier molecular flexibility index (Phi) is 8.86. The van der Waals surface area contributed by atoms with Gasteiger partial charge in [-0.15, -0.1) is 0 Å². The number of ketones is 1. The van der Waals surface area contributed by atoms with Crippen molar-refractivity contribution < 1.29 is 23.5 Å². The molecule has 5 nitrogen and oxygen atoms in total. The minimum atomic E-state index is -0.605. The van der Waals surface area contributed by atoms with Crippen LogP contribution in [0.5, 0.6) is 5.75 Å². The number of esters is 1. The van der Waals surface area contributed by atoms with Crippen LogP contribution < -0.4 is 4.74 Å². The van der Waals surface area contributed by atoms with E-state index in [-0.39, 0.29) is 5.78 Å². The number of nitrogens with zero attached hydrogens (tertiary/aromatic N) is 1. The smallest absolute Gasteiger partial charge is 0.328 e. The normalized spacial score (nSPS) is 11.9. The number of allylic oxidation sites excluding steroid dienone is 1. The van der Waals surface area contributed by atoms with Gasteiger partial charge in [-0.2, -0.15) is 0 Å². The Balaban J connectivity index is 2.07. The Labute approximate surface area is 178 Å². The number of alkyl halides is 1.